The van der Waals surface area contributed by atoms with Crippen LogP contribution in [0, 0.1) is 5.92 Å². The van der Waals surface area contributed by atoms with Crippen molar-refractivity contribution in [2.24, 2.45) is 11.8 Å². The highest BCUT2D eigenvalue weighted by Crippen LogP contribution is 2.16. The Hall–Kier alpha value is -1.28. The Morgan fingerprint density at radius 3 is 2.56 bits per heavy atom. The molecular weight excluding hydrogens is 220 g/mol. The summed E-state index contributed by atoms with van der Waals surface area (Å²) < 4.78 is 0. The second-order valence-electron chi connectivity index (χ2n) is 5.27. The van der Waals surface area contributed by atoms with E-state index in [1.807, 2.05) is 35.3 Å². The lowest BCUT2D eigenvalue weighted by Gasteiger charge is -2.20. The van der Waals surface area contributed by atoms with Crippen LogP contribution in [-0.4, -0.2) is 6.54 Å². The van der Waals surface area contributed by atoms with E-state index in [1.165, 1.54) is 18.4 Å². The third kappa shape index (κ3) is 5.87. The molecule has 0 saturated heterocycles. The van der Waals surface area contributed by atoms with Gasteiger partial charge in [0, 0.05) is 6.54 Å². The molecule has 2 heteroatoms. The van der Waals surface area contributed by atoms with E-state index in [4.69, 9.17) is 5.84 Å². The van der Waals surface area contributed by atoms with Crippen LogP contribution in [0.2, 0.25) is 0 Å². The van der Waals surface area contributed by atoms with Gasteiger partial charge >= 0.3 is 0 Å². The fraction of sp³-hybridized carbons (Fsp3) is 0.500. The van der Waals surface area contributed by atoms with Gasteiger partial charge in [-0.2, -0.15) is 0 Å². The maximum absolute atomic E-state index is 6.04. The lowest BCUT2D eigenvalue weighted by atomic mass is 9.99. The first-order chi connectivity index (χ1) is 8.59. The molecule has 1 atom stereocenters. The van der Waals surface area contributed by atoms with Gasteiger partial charge in [-0.1, -0.05) is 37.1 Å². The molecule has 0 spiro atoms. The highest BCUT2D eigenvalue weighted by atomic mass is 15.4. The SMILES string of the molecule is C=C(C)CCC[C@@H](C)CCN(N)c1ccccc1. The highest BCUT2D eigenvalue weighted by Gasteiger charge is 2.05. The molecule has 100 valence electrons. The van der Waals surface area contributed by atoms with Gasteiger partial charge in [0.2, 0.25) is 0 Å². The molecule has 0 unspecified atom stereocenters. The summed E-state index contributed by atoms with van der Waals surface area (Å²) >= 11 is 0. The van der Waals surface area contributed by atoms with Crippen molar-refractivity contribution in [3.63, 3.8) is 0 Å². The first-order valence-electron chi connectivity index (χ1n) is 6.81. The molecular formula is C16H26N2. The standard InChI is InChI=1S/C16H26N2/c1-14(2)8-7-9-15(3)12-13-18(17)16-10-5-4-6-11-16/h4-6,10-11,15H,1,7-9,12-13,17H2,2-3H3/t15-/m1/s1. The van der Waals surface area contributed by atoms with E-state index < -0.39 is 0 Å². The molecule has 0 aromatic heterocycles. The van der Waals surface area contributed by atoms with Crippen LogP contribution in [0.4, 0.5) is 5.69 Å². The average molecular weight is 246 g/mol. The van der Waals surface area contributed by atoms with Gasteiger partial charge in [0.15, 0.2) is 0 Å². The summed E-state index contributed by atoms with van der Waals surface area (Å²) in [4.78, 5) is 0. The minimum absolute atomic E-state index is 0.721. The summed E-state index contributed by atoms with van der Waals surface area (Å²) in [5, 5.41) is 1.84. The third-order valence-electron chi connectivity index (χ3n) is 3.25. The van der Waals surface area contributed by atoms with E-state index in [1.54, 1.807) is 0 Å². The number of hydrazine groups is 1. The van der Waals surface area contributed by atoms with Gasteiger partial charge in [0.1, 0.15) is 0 Å². The minimum Gasteiger partial charge on any atom is -0.311 e. The van der Waals surface area contributed by atoms with Crippen molar-refractivity contribution in [1.82, 2.24) is 0 Å². The lowest BCUT2D eigenvalue weighted by molar-refractivity contribution is 0.473. The number of hydrogen-bond acceptors (Lipinski definition) is 2. The van der Waals surface area contributed by atoms with Gasteiger partial charge in [0.05, 0.1) is 5.69 Å². The van der Waals surface area contributed by atoms with Crippen LogP contribution in [0.5, 0.6) is 0 Å². The van der Waals surface area contributed by atoms with Crippen LogP contribution in [0.15, 0.2) is 42.5 Å². The van der Waals surface area contributed by atoms with Crippen LogP contribution in [-0.2, 0) is 0 Å². The number of hydrogen-bond donors (Lipinski definition) is 1. The normalized spacial score (nSPS) is 12.2. The summed E-state index contributed by atoms with van der Waals surface area (Å²) in [6, 6.07) is 10.1. The van der Waals surface area contributed by atoms with E-state index in [0.717, 1.165) is 31.0 Å². The molecule has 0 amide bonds. The summed E-state index contributed by atoms with van der Waals surface area (Å²) in [5.41, 5.74) is 2.37. The Kier molecular flexibility index (Phi) is 6.51. The molecule has 2 N–H and O–H groups in total. The first kappa shape index (κ1) is 14.8. The Bertz CT molecular complexity index is 345. The molecule has 0 aliphatic rings. The molecule has 18 heavy (non-hydrogen) atoms. The summed E-state index contributed by atoms with van der Waals surface area (Å²) in [6.45, 7) is 9.25. The Labute approximate surface area is 111 Å². The van der Waals surface area contributed by atoms with Gasteiger partial charge in [-0.25, -0.2) is 5.84 Å². The predicted octanol–water partition coefficient (Wildman–Crippen LogP) is 4.14. The van der Waals surface area contributed by atoms with E-state index in [2.05, 4.69) is 20.4 Å². The molecule has 1 aromatic carbocycles. The number of allylic oxidation sites excluding steroid dienone is 1. The number of anilines is 1. The molecule has 0 aliphatic heterocycles. The zero-order valence-corrected chi connectivity index (χ0v) is 11.7. The molecule has 0 heterocycles. The number of nitrogens with two attached hydrogens (primary N) is 1. The summed E-state index contributed by atoms with van der Waals surface area (Å²) in [6.07, 6.45) is 4.79. The van der Waals surface area contributed by atoms with Crippen molar-refractivity contribution in [3.8, 4) is 0 Å². The fourth-order valence-electron chi connectivity index (χ4n) is 2.00. The number of para-hydroxylation sites is 1. The van der Waals surface area contributed by atoms with Crippen molar-refractivity contribution in [1.29, 1.82) is 0 Å². The molecule has 0 fully saturated rings. The summed E-state index contributed by atoms with van der Waals surface area (Å²) in [5.74, 6) is 6.76. The van der Waals surface area contributed by atoms with Crippen LogP contribution in [0.1, 0.15) is 39.5 Å². The van der Waals surface area contributed by atoms with E-state index in [-0.39, 0.29) is 0 Å². The summed E-state index contributed by atoms with van der Waals surface area (Å²) in [7, 11) is 0. The Morgan fingerprint density at radius 1 is 1.28 bits per heavy atom. The van der Waals surface area contributed by atoms with Gasteiger partial charge < -0.3 is 5.01 Å². The topological polar surface area (TPSA) is 29.3 Å². The molecule has 0 saturated carbocycles. The van der Waals surface area contributed by atoms with Crippen molar-refractivity contribution in [2.75, 3.05) is 11.6 Å². The Morgan fingerprint density at radius 2 is 1.94 bits per heavy atom. The van der Waals surface area contributed by atoms with Crippen LogP contribution < -0.4 is 10.9 Å². The quantitative estimate of drug-likeness (QED) is 0.424. The van der Waals surface area contributed by atoms with Crippen LogP contribution in [0.3, 0.4) is 0 Å². The van der Waals surface area contributed by atoms with E-state index in [0.29, 0.717) is 0 Å². The van der Waals surface area contributed by atoms with Crippen LogP contribution >= 0.6 is 0 Å². The van der Waals surface area contributed by atoms with E-state index >= 15 is 0 Å². The molecule has 0 radical (unpaired) electrons. The van der Waals surface area contributed by atoms with Crippen molar-refractivity contribution < 1.29 is 0 Å². The van der Waals surface area contributed by atoms with Gasteiger partial charge in [-0.3, -0.25) is 0 Å². The van der Waals surface area contributed by atoms with Crippen molar-refractivity contribution in [2.45, 2.75) is 39.5 Å². The molecule has 1 aromatic rings. The van der Waals surface area contributed by atoms with E-state index in [9.17, 15) is 0 Å². The predicted molar refractivity (Wildman–Crippen MR) is 80.4 cm³/mol. The molecule has 0 aliphatic carbocycles. The smallest absolute Gasteiger partial charge is 0.0517 e. The lowest BCUT2D eigenvalue weighted by Crippen LogP contribution is -2.32. The third-order valence-corrected chi connectivity index (χ3v) is 3.25. The maximum atomic E-state index is 6.04. The molecule has 1 rings (SSSR count). The fourth-order valence-corrected chi connectivity index (χ4v) is 2.00. The number of rotatable bonds is 8. The maximum Gasteiger partial charge on any atom is 0.0517 e. The second-order valence-corrected chi connectivity index (χ2v) is 5.27. The monoisotopic (exact) mass is 246 g/mol. The van der Waals surface area contributed by atoms with Gasteiger partial charge in [0.25, 0.3) is 0 Å². The average Bonchev–Trinajstić information content (AvgIpc) is 2.36. The van der Waals surface area contributed by atoms with Crippen molar-refractivity contribution >= 4 is 5.69 Å². The van der Waals surface area contributed by atoms with Gasteiger partial charge in [-0.15, -0.1) is 6.58 Å². The number of nitrogens with zero attached hydrogens (tertiary/aromatic N) is 1. The highest BCUT2D eigenvalue weighted by molar-refractivity contribution is 5.43. The largest absolute Gasteiger partial charge is 0.311 e. The van der Waals surface area contributed by atoms with Crippen LogP contribution in [0.25, 0.3) is 0 Å². The first-order valence-corrected chi connectivity index (χ1v) is 6.81. The minimum atomic E-state index is 0.721. The zero-order valence-electron chi connectivity index (χ0n) is 11.7. The second kappa shape index (κ2) is 7.93. The number of benzene rings is 1. The van der Waals surface area contributed by atoms with Gasteiger partial charge in [-0.05, 0) is 44.2 Å². The van der Waals surface area contributed by atoms with Crippen molar-refractivity contribution in [3.05, 3.63) is 42.5 Å². The zero-order chi connectivity index (χ0) is 13.4. The molecule has 0 bridgehead atoms. The Balaban J connectivity index is 2.22. The molecule has 2 nitrogen and oxygen atoms in total.